The number of benzene rings is 1. The molecule has 0 aliphatic carbocycles. The van der Waals surface area contributed by atoms with Crippen molar-refractivity contribution in [3.8, 4) is 0 Å². The first kappa shape index (κ1) is 21.3. The zero-order valence-corrected chi connectivity index (χ0v) is 15.0. The van der Waals surface area contributed by atoms with E-state index in [0.717, 1.165) is 0 Å². The van der Waals surface area contributed by atoms with E-state index in [9.17, 15) is 23.6 Å². The highest BCUT2D eigenvalue weighted by molar-refractivity contribution is 5.90. The van der Waals surface area contributed by atoms with Crippen LogP contribution in [0.5, 0.6) is 0 Å². The van der Waals surface area contributed by atoms with Crippen LogP contribution in [0.1, 0.15) is 32.3 Å². The highest BCUT2D eigenvalue weighted by Crippen LogP contribution is 2.10. The molecule has 1 aromatic carbocycles. The topological polar surface area (TPSA) is 102 Å². The minimum absolute atomic E-state index is 0.0697. The summed E-state index contributed by atoms with van der Waals surface area (Å²) in [6.45, 7) is 2.60. The fourth-order valence-electron chi connectivity index (χ4n) is 2.35. The Kier molecular flexibility index (Phi) is 8.41. The number of amides is 2. The molecule has 0 heterocycles. The maximum absolute atomic E-state index is 13.8. The molecule has 26 heavy (non-hydrogen) atoms. The predicted octanol–water partition coefficient (Wildman–Crippen LogP) is 0.900. The van der Waals surface area contributed by atoms with Crippen molar-refractivity contribution in [1.82, 2.24) is 10.6 Å². The van der Waals surface area contributed by atoms with Gasteiger partial charge in [0.05, 0.1) is 7.11 Å². The van der Waals surface area contributed by atoms with Crippen LogP contribution in [0.2, 0.25) is 0 Å². The lowest BCUT2D eigenvalue weighted by Gasteiger charge is -2.22. The quantitative estimate of drug-likeness (QED) is 0.633. The van der Waals surface area contributed by atoms with E-state index in [0.29, 0.717) is 0 Å². The number of hydrogen-bond acceptors (Lipinski definition) is 5. The Morgan fingerprint density at radius 1 is 1.08 bits per heavy atom. The van der Waals surface area contributed by atoms with Gasteiger partial charge < -0.3 is 20.2 Å². The van der Waals surface area contributed by atoms with Crippen LogP contribution in [0, 0.1) is 5.82 Å². The van der Waals surface area contributed by atoms with Crippen molar-refractivity contribution in [2.75, 3.05) is 7.11 Å². The van der Waals surface area contributed by atoms with Gasteiger partial charge in [0.2, 0.25) is 11.8 Å². The first-order valence-corrected chi connectivity index (χ1v) is 8.12. The smallest absolute Gasteiger partial charge is 0.328 e. The zero-order chi connectivity index (χ0) is 19.7. The molecule has 2 atom stereocenters. The van der Waals surface area contributed by atoms with E-state index < -0.39 is 35.7 Å². The Morgan fingerprint density at radius 2 is 1.73 bits per heavy atom. The Bertz CT molecular complexity index is 677. The van der Waals surface area contributed by atoms with Crippen LogP contribution in [0.3, 0.4) is 0 Å². The molecule has 8 heteroatoms. The van der Waals surface area contributed by atoms with Gasteiger partial charge >= 0.3 is 5.97 Å². The lowest BCUT2D eigenvalue weighted by atomic mass is 10.0. The minimum atomic E-state index is -1.08. The van der Waals surface area contributed by atoms with E-state index in [4.69, 9.17) is 0 Å². The number of esters is 1. The summed E-state index contributed by atoms with van der Waals surface area (Å²) in [5.41, 5.74) is 0.250. The summed E-state index contributed by atoms with van der Waals surface area (Å²) in [6.07, 6.45) is 0.0666. The molecule has 1 aromatic rings. The van der Waals surface area contributed by atoms with E-state index in [1.165, 1.54) is 39.2 Å². The largest absolute Gasteiger partial charge is 0.467 e. The van der Waals surface area contributed by atoms with Gasteiger partial charge in [0.15, 0.2) is 0 Å². The molecule has 0 unspecified atom stereocenters. The molecule has 2 N–H and O–H groups in total. The highest BCUT2D eigenvalue weighted by atomic mass is 19.1. The number of ether oxygens (including phenoxy) is 1. The minimum Gasteiger partial charge on any atom is -0.467 e. The number of carbonyl (C=O) groups is 4. The summed E-state index contributed by atoms with van der Waals surface area (Å²) in [7, 11) is 1.17. The second kappa shape index (κ2) is 10.3. The first-order chi connectivity index (χ1) is 12.2. The second-order valence-electron chi connectivity index (χ2n) is 5.87. The number of rotatable bonds is 9. The molecule has 1 rings (SSSR count). The van der Waals surface area contributed by atoms with Crippen molar-refractivity contribution < 1.29 is 28.3 Å². The number of Topliss-reactive ketones (excluding diaryl/α,β-unsaturated/α-hetero) is 1. The summed E-state index contributed by atoms with van der Waals surface area (Å²) >= 11 is 0. The summed E-state index contributed by atoms with van der Waals surface area (Å²) in [5.74, 6) is -2.48. The summed E-state index contributed by atoms with van der Waals surface area (Å²) in [5, 5.41) is 4.91. The van der Waals surface area contributed by atoms with Crippen molar-refractivity contribution in [2.24, 2.45) is 0 Å². The van der Waals surface area contributed by atoms with Gasteiger partial charge in [-0.15, -0.1) is 0 Å². The third-order valence-electron chi connectivity index (χ3n) is 3.66. The standard InChI is InChI=1S/C18H23FN2O5/c1-11(22)8-9-15(18(25)26-3)21-17(24)16(20-12(2)23)10-13-6-4-5-7-14(13)19/h4-7,15-16H,8-10H2,1-3H3,(H,20,23)(H,21,24)/t15-,16-/m0/s1. The number of ketones is 1. The van der Waals surface area contributed by atoms with E-state index in [2.05, 4.69) is 15.4 Å². The zero-order valence-electron chi connectivity index (χ0n) is 15.0. The molecular formula is C18H23FN2O5. The Hall–Kier alpha value is -2.77. The van der Waals surface area contributed by atoms with Crippen molar-refractivity contribution >= 4 is 23.6 Å². The van der Waals surface area contributed by atoms with Gasteiger partial charge in [-0.05, 0) is 25.0 Å². The number of methoxy groups -OCH3 is 1. The third-order valence-corrected chi connectivity index (χ3v) is 3.66. The molecule has 0 aromatic heterocycles. The Labute approximate surface area is 151 Å². The van der Waals surface area contributed by atoms with Crippen LogP contribution in [-0.4, -0.2) is 42.8 Å². The fraction of sp³-hybridized carbons (Fsp3) is 0.444. The maximum Gasteiger partial charge on any atom is 0.328 e. The summed E-state index contributed by atoms with van der Waals surface area (Å²) in [4.78, 5) is 46.9. The van der Waals surface area contributed by atoms with Gasteiger partial charge in [-0.3, -0.25) is 9.59 Å². The van der Waals surface area contributed by atoms with E-state index >= 15 is 0 Å². The van der Waals surface area contributed by atoms with E-state index in [1.54, 1.807) is 6.07 Å². The molecule has 0 aliphatic rings. The molecular weight excluding hydrogens is 343 g/mol. The summed E-state index contributed by atoms with van der Waals surface area (Å²) in [6, 6.07) is 3.78. The molecule has 0 fully saturated rings. The average molecular weight is 366 g/mol. The van der Waals surface area contributed by atoms with Crippen molar-refractivity contribution in [1.29, 1.82) is 0 Å². The van der Waals surface area contributed by atoms with Gasteiger partial charge in [-0.25, -0.2) is 9.18 Å². The van der Waals surface area contributed by atoms with Gasteiger partial charge in [0, 0.05) is 19.8 Å². The second-order valence-corrected chi connectivity index (χ2v) is 5.87. The molecule has 7 nitrogen and oxygen atoms in total. The Morgan fingerprint density at radius 3 is 2.27 bits per heavy atom. The molecule has 2 amide bonds. The Balaban J connectivity index is 2.91. The predicted molar refractivity (Wildman–Crippen MR) is 91.6 cm³/mol. The van der Waals surface area contributed by atoms with Crippen molar-refractivity contribution in [3.63, 3.8) is 0 Å². The molecule has 0 spiro atoms. The van der Waals surface area contributed by atoms with Crippen LogP contribution in [0.25, 0.3) is 0 Å². The van der Waals surface area contributed by atoms with Gasteiger partial charge in [-0.2, -0.15) is 0 Å². The van der Waals surface area contributed by atoms with Crippen LogP contribution in [-0.2, 0) is 30.3 Å². The SMILES string of the molecule is COC(=O)[C@H](CCC(C)=O)NC(=O)[C@H](Cc1ccccc1F)NC(C)=O. The molecule has 0 aliphatic heterocycles. The van der Waals surface area contributed by atoms with Crippen molar-refractivity contribution in [3.05, 3.63) is 35.6 Å². The van der Waals surface area contributed by atoms with Crippen LogP contribution in [0.15, 0.2) is 24.3 Å². The molecule has 0 saturated carbocycles. The van der Waals surface area contributed by atoms with Gasteiger partial charge in [0.1, 0.15) is 23.7 Å². The van der Waals surface area contributed by atoms with Crippen molar-refractivity contribution in [2.45, 2.75) is 45.2 Å². The number of hydrogen-bond donors (Lipinski definition) is 2. The average Bonchev–Trinajstić information content (AvgIpc) is 2.58. The maximum atomic E-state index is 13.8. The van der Waals surface area contributed by atoms with Gasteiger partial charge in [0.25, 0.3) is 0 Å². The monoisotopic (exact) mass is 366 g/mol. The van der Waals surface area contributed by atoms with Crippen LogP contribution < -0.4 is 10.6 Å². The fourth-order valence-corrected chi connectivity index (χ4v) is 2.35. The number of carbonyl (C=O) groups excluding carboxylic acids is 4. The first-order valence-electron chi connectivity index (χ1n) is 8.12. The van der Waals surface area contributed by atoms with Crippen LogP contribution >= 0.6 is 0 Å². The molecule has 0 bridgehead atoms. The molecule has 142 valence electrons. The summed E-state index contributed by atoms with van der Waals surface area (Å²) < 4.78 is 18.5. The highest BCUT2D eigenvalue weighted by Gasteiger charge is 2.27. The van der Waals surface area contributed by atoms with Gasteiger partial charge in [-0.1, -0.05) is 18.2 Å². The lowest BCUT2D eigenvalue weighted by molar-refractivity contribution is -0.145. The number of nitrogens with one attached hydrogen (secondary N) is 2. The third kappa shape index (κ3) is 7.00. The van der Waals surface area contributed by atoms with E-state index in [1.807, 2.05) is 0 Å². The normalized spacial score (nSPS) is 12.6. The number of halogens is 1. The lowest BCUT2D eigenvalue weighted by Crippen LogP contribution is -2.52. The van der Waals surface area contributed by atoms with E-state index in [-0.39, 0.29) is 30.6 Å². The molecule has 0 radical (unpaired) electrons. The van der Waals surface area contributed by atoms with Crippen LogP contribution in [0.4, 0.5) is 4.39 Å². The molecule has 0 saturated heterocycles.